The number of thiocarbonyl (C=S) groups is 1. The molecule has 0 saturated carbocycles. The Balaban J connectivity index is 1.93. The number of rotatable bonds is 4. The Morgan fingerprint density at radius 3 is 2.65 bits per heavy atom. The minimum Gasteiger partial charge on any atom is -0.438 e. The van der Waals surface area contributed by atoms with Crippen LogP contribution in [0.25, 0.3) is 11.7 Å². The molecule has 1 saturated heterocycles. The van der Waals surface area contributed by atoms with Crippen molar-refractivity contribution in [2.75, 3.05) is 7.05 Å². The van der Waals surface area contributed by atoms with E-state index < -0.39 is 0 Å². The molecule has 3 aromatic rings. The van der Waals surface area contributed by atoms with Crippen LogP contribution in [0.3, 0.4) is 0 Å². The average molecular weight is 452 g/mol. The van der Waals surface area contributed by atoms with E-state index >= 15 is 0 Å². The van der Waals surface area contributed by atoms with E-state index in [0.717, 1.165) is 22.9 Å². The number of hydrogen-bond acceptors (Lipinski definition) is 6. The zero-order valence-electron chi connectivity index (χ0n) is 17.6. The van der Waals surface area contributed by atoms with E-state index in [4.69, 9.17) is 17.0 Å². The Bertz CT molecular complexity index is 1310. The second kappa shape index (κ2) is 8.28. The van der Waals surface area contributed by atoms with Crippen molar-refractivity contribution in [3.63, 3.8) is 0 Å². The van der Waals surface area contributed by atoms with Crippen molar-refractivity contribution in [2.45, 2.75) is 26.7 Å². The van der Waals surface area contributed by atoms with Gasteiger partial charge in [-0.3, -0.25) is 18.9 Å². The van der Waals surface area contributed by atoms with Crippen molar-refractivity contribution in [3.05, 3.63) is 74.5 Å². The van der Waals surface area contributed by atoms with E-state index in [9.17, 15) is 9.59 Å². The highest BCUT2D eigenvalue weighted by Gasteiger charge is 2.30. The van der Waals surface area contributed by atoms with Gasteiger partial charge in [0.1, 0.15) is 21.3 Å². The lowest BCUT2D eigenvalue weighted by Gasteiger charge is -2.16. The Morgan fingerprint density at radius 1 is 1.19 bits per heavy atom. The third-order valence-electron chi connectivity index (χ3n) is 4.99. The number of nitrogens with zero attached hydrogens (tertiary/aromatic N) is 3. The summed E-state index contributed by atoms with van der Waals surface area (Å²) < 4.78 is 8.11. The molecule has 0 N–H and O–H groups in total. The Labute approximate surface area is 189 Å². The van der Waals surface area contributed by atoms with Crippen molar-refractivity contribution in [1.29, 1.82) is 0 Å². The highest BCUT2D eigenvalue weighted by molar-refractivity contribution is 8.26. The standard InChI is InChI=1S/C23H21N3O3S2/c1-13(2)15-9-8-14(3)11-17(15)29-20-16(12-18-22(28)25(4)23(30)31-18)21(27)26-10-6-5-7-19(26)24-20/h5-13H,1-4H3. The van der Waals surface area contributed by atoms with E-state index in [1.54, 1.807) is 31.4 Å². The SMILES string of the molecule is Cc1ccc(C(C)C)c(Oc2nc3ccccn3c(=O)c2C=C2SC(=S)N(C)C2=O)c1. The van der Waals surface area contributed by atoms with Gasteiger partial charge in [0.25, 0.3) is 11.5 Å². The predicted molar refractivity (Wildman–Crippen MR) is 128 cm³/mol. The first-order chi connectivity index (χ1) is 14.8. The number of fused-ring (bicyclic) bond motifs is 1. The van der Waals surface area contributed by atoms with Gasteiger partial charge in [0.15, 0.2) is 0 Å². The van der Waals surface area contributed by atoms with Gasteiger partial charge in [-0.05, 0) is 48.2 Å². The molecule has 1 aromatic carbocycles. The number of hydrogen-bond donors (Lipinski definition) is 0. The summed E-state index contributed by atoms with van der Waals surface area (Å²) in [7, 11) is 1.61. The molecular formula is C23H21N3O3S2. The maximum Gasteiger partial charge on any atom is 0.269 e. The Kier molecular flexibility index (Phi) is 5.68. The van der Waals surface area contributed by atoms with Crippen molar-refractivity contribution >= 4 is 45.9 Å². The third-order valence-corrected chi connectivity index (χ3v) is 6.48. The summed E-state index contributed by atoms with van der Waals surface area (Å²) >= 11 is 6.37. The zero-order chi connectivity index (χ0) is 22.3. The van der Waals surface area contributed by atoms with Crippen LogP contribution in [0.2, 0.25) is 0 Å². The molecule has 0 unspecified atom stereocenters. The number of benzene rings is 1. The largest absolute Gasteiger partial charge is 0.438 e. The molecule has 6 nitrogen and oxygen atoms in total. The van der Waals surface area contributed by atoms with Crippen LogP contribution >= 0.6 is 24.0 Å². The van der Waals surface area contributed by atoms with Crippen molar-refractivity contribution in [3.8, 4) is 11.6 Å². The molecule has 4 rings (SSSR count). The summed E-state index contributed by atoms with van der Waals surface area (Å²) in [6, 6.07) is 11.3. The molecule has 1 amide bonds. The van der Waals surface area contributed by atoms with E-state index in [0.29, 0.717) is 20.6 Å². The number of likely N-dealkylation sites (N-methyl/N-ethyl adjacent to an activating group) is 1. The van der Waals surface area contributed by atoms with Crippen molar-refractivity contribution < 1.29 is 9.53 Å². The van der Waals surface area contributed by atoms with Crippen LogP contribution in [-0.4, -0.2) is 31.6 Å². The van der Waals surface area contributed by atoms with Gasteiger partial charge in [0, 0.05) is 13.2 Å². The maximum absolute atomic E-state index is 13.3. The number of aromatic nitrogens is 2. The van der Waals surface area contributed by atoms with Crippen LogP contribution in [0, 0.1) is 6.92 Å². The Hall–Kier alpha value is -2.97. The van der Waals surface area contributed by atoms with Crippen LogP contribution in [0.15, 0.2) is 52.3 Å². The third kappa shape index (κ3) is 4.00. The highest BCUT2D eigenvalue weighted by atomic mass is 32.2. The fourth-order valence-electron chi connectivity index (χ4n) is 3.27. The molecule has 0 atom stereocenters. The number of carbonyl (C=O) groups is 1. The summed E-state index contributed by atoms with van der Waals surface area (Å²) in [4.78, 5) is 32.2. The molecule has 8 heteroatoms. The molecular weight excluding hydrogens is 430 g/mol. The van der Waals surface area contributed by atoms with Crippen molar-refractivity contribution in [1.82, 2.24) is 14.3 Å². The summed E-state index contributed by atoms with van der Waals surface area (Å²) in [5, 5.41) is 0. The fourth-order valence-corrected chi connectivity index (χ4v) is 4.43. The van der Waals surface area contributed by atoms with E-state index in [1.165, 1.54) is 15.4 Å². The predicted octanol–water partition coefficient (Wildman–Crippen LogP) is 4.75. The van der Waals surface area contributed by atoms with Crippen molar-refractivity contribution in [2.24, 2.45) is 0 Å². The second-order valence-electron chi connectivity index (χ2n) is 7.60. The summed E-state index contributed by atoms with van der Waals surface area (Å²) in [6.45, 7) is 6.13. The number of amides is 1. The topological polar surface area (TPSA) is 63.9 Å². The minimum atomic E-state index is -0.319. The molecule has 2 aromatic heterocycles. The number of ether oxygens (including phenoxy) is 1. The lowest BCUT2D eigenvalue weighted by atomic mass is 10.0. The normalized spacial score (nSPS) is 15.5. The van der Waals surface area contributed by atoms with Crippen LogP contribution in [0.5, 0.6) is 11.6 Å². The molecule has 1 aliphatic rings. The molecule has 31 heavy (non-hydrogen) atoms. The number of pyridine rings is 1. The van der Waals surface area contributed by atoms with Gasteiger partial charge < -0.3 is 4.74 Å². The van der Waals surface area contributed by atoms with Gasteiger partial charge in [-0.25, -0.2) is 0 Å². The number of carbonyl (C=O) groups excluding carboxylic acids is 1. The van der Waals surface area contributed by atoms with E-state index in [-0.39, 0.29) is 28.8 Å². The van der Waals surface area contributed by atoms with E-state index in [1.807, 2.05) is 25.1 Å². The average Bonchev–Trinajstić information content (AvgIpc) is 2.97. The molecule has 0 spiro atoms. The first-order valence-corrected chi connectivity index (χ1v) is 11.0. The van der Waals surface area contributed by atoms with Crippen LogP contribution in [0.1, 0.15) is 36.5 Å². The van der Waals surface area contributed by atoms with Gasteiger partial charge >= 0.3 is 0 Å². The van der Waals surface area contributed by atoms with Gasteiger partial charge in [-0.15, -0.1) is 0 Å². The lowest BCUT2D eigenvalue weighted by molar-refractivity contribution is -0.121. The first kappa shape index (κ1) is 21.3. The summed E-state index contributed by atoms with van der Waals surface area (Å²) in [6.07, 6.45) is 3.17. The van der Waals surface area contributed by atoms with Gasteiger partial charge in [0.05, 0.1) is 4.91 Å². The molecule has 0 aliphatic carbocycles. The molecule has 158 valence electrons. The van der Waals surface area contributed by atoms with Crippen LogP contribution in [0.4, 0.5) is 0 Å². The zero-order valence-corrected chi connectivity index (χ0v) is 19.2. The van der Waals surface area contributed by atoms with Gasteiger partial charge in [-0.2, -0.15) is 4.98 Å². The van der Waals surface area contributed by atoms with Crippen LogP contribution in [-0.2, 0) is 4.79 Å². The molecule has 1 fully saturated rings. The smallest absolute Gasteiger partial charge is 0.269 e. The number of thioether (sulfide) groups is 1. The lowest BCUT2D eigenvalue weighted by Crippen LogP contribution is -2.23. The minimum absolute atomic E-state index is 0.157. The second-order valence-corrected chi connectivity index (χ2v) is 9.28. The summed E-state index contributed by atoms with van der Waals surface area (Å²) in [5.41, 5.74) is 2.38. The number of aryl methyl sites for hydroxylation is 1. The van der Waals surface area contributed by atoms with Gasteiger partial charge in [0.2, 0.25) is 5.88 Å². The van der Waals surface area contributed by atoms with Gasteiger partial charge in [-0.1, -0.05) is 56.0 Å². The molecule has 0 radical (unpaired) electrons. The van der Waals surface area contributed by atoms with Crippen LogP contribution < -0.4 is 10.3 Å². The molecule has 0 bridgehead atoms. The van der Waals surface area contributed by atoms with E-state index in [2.05, 4.69) is 18.8 Å². The highest BCUT2D eigenvalue weighted by Crippen LogP contribution is 2.35. The maximum atomic E-state index is 13.3. The monoisotopic (exact) mass is 451 g/mol. The quantitative estimate of drug-likeness (QED) is 0.421. The molecule has 3 heterocycles. The Morgan fingerprint density at radius 2 is 1.97 bits per heavy atom. The molecule has 1 aliphatic heterocycles. The first-order valence-electron chi connectivity index (χ1n) is 9.77. The summed E-state index contributed by atoms with van der Waals surface area (Å²) in [5.74, 6) is 0.763. The fraction of sp³-hybridized carbons (Fsp3) is 0.217.